The average molecular weight is 280 g/mol. The van der Waals surface area contributed by atoms with E-state index in [1.165, 1.54) is 0 Å². The largest absolute Gasteiger partial charge is 0.383 e. The van der Waals surface area contributed by atoms with Gasteiger partial charge in [0.05, 0.1) is 17.7 Å². The van der Waals surface area contributed by atoms with Crippen molar-refractivity contribution in [2.75, 3.05) is 27.3 Å². The lowest BCUT2D eigenvalue weighted by Gasteiger charge is -2.19. The normalized spacial score (nSPS) is 13.4. The molecule has 0 aliphatic heterocycles. The van der Waals surface area contributed by atoms with Gasteiger partial charge in [-0.3, -0.25) is 4.68 Å². The molecule has 0 saturated carbocycles. The Morgan fingerprint density at radius 3 is 2.65 bits per heavy atom. The third kappa shape index (κ3) is 4.14. The fraction of sp³-hybridized carbons (Fsp3) is 0.727. The molecule has 4 nitrogen and oxygen atoms in total. The zero-order valence-corrected chi connectivity index (χ0v) is 12.2. The molecule has 1 aromatic heterocycles. The fourth-order valence-electron chi connectivity index (χ4n) is 1.76. The van der Waals surface area contributed by atoms with Crippen molar-refractivity contribution >= 4 is 23.2 Å². The lowest BCUT2D eigenvalue weighted by molar-refractivity contribution is 0.181. The molecule has 1 aromatic rings. The van der Waals surface area contributed by atoms with Gasteiger partial charge in [0, 0.05) is 32.8 Å². The standard InChI is InChI=1S/C11H19Cl2N3O/c1-8-10(11(13)16(3)14-8)6-15(2)5-9(12)7-17-4/h9H,5-7H2,1-4H3. The highest BCUT2D eigenvalue weighted by molar-refractivity contribution is 6.30. The Kier molecular flexibility index (Phi) is 5.73. The second-order valence-corrected chi connectivity index (χ2v) is 5.20. The summed E-state index contributed by atoms with van der Waals surface area (Å²) in [5, 5.41) is 4.95. The van der Waals surface area contributed by atoms with Crippen LogP contribution in [0.2, 0.25) is 5.15 Å². The van der Waals surface area contributed by atoms with Crippen LogP contribution in [0.1, 0.15) is 11.3 Å². The molecule has 6 heteroatoms. The maximum Gasteiger partial charge on any atom is 0.131 e. The van der Waals surface area contributed by atoms with Crippen LogP contribution in [0.4, 0.5) is 0 Å². The van der Waals surface area contributed by atoms with E-state index in [1.807, 2.05) is 21.0 Å². The van der Waals surface area contributed by atoms with Gasteiger partial charge in [-0.25, -0.2) is 0 Å². The molecule has 0 saturated heterocycles. The molecule has 0 fully saturated rings. The van der Waals surface area contributed by atoms with Gasteiger partial charge in [0.2, 0.25) is 0 Å². The highest BCUT2D eigenvalue weighted by Crippen LogP contribution is 2.20. The molecule has 1 heterocycles. The first-order valence-corrected chi connectivity index (χ1v) is 6.26. The van der Waals surface area contributed by atoms with Crippen LogP contribution >= 0.6 is 23.2 Å². The minimum absolute atomic E-state index is 0.0132. The van der Waals surface area contributed by atoms with Crippen LogP contribution in [0.3, 0.4) is 0 Å². The summed E-state index contributed by atoms with van der Waals surface area (Å²) in [5.41, 5.74) is 2.01. The maximum atomic E-state index is 6.17. The van der Waals surface area contributed by atoms with Gasteiger partial charge < -0.3 is 9.64 Å². The highest BCUT2D eigenvalue weighted by atomic mass is 35.5. The van der Waals surface area contributed by atoms with Crippen LogP contribution in [-0.4, -0.2) is 47.4 Å². The number of hydrogen-bond acceptors (Lipinski definition) is 3. The Balaban J connectivity index is 2.58. The zero-order chi connectivity index (χ0) is 13.0. The van der Waals surface area contributed by atoms with E-state index >= 15 is 0 Å². The molecule has 1 atom stereocenters. The number of nitrogens with zero attached hydrogens (tertiary/aromatic N) is 3. The Hall–Kier alpha value is -0.290. The summed E-state index contributed by atoms with van der Waals surface area (Å²) in [6, 6.07) is 0. The summed E-state index contributed by atoms with van der Waals surface area (Å²) in [6.07, 6.45) is 0. The maximum absolute atomic E-state index is 6.17. The van der Waals surface area contributed by atoms with Gasteiger partial charge in [-0.1, -0.05) is 11.6 Å². The van der Waals surface area contributed by atoms with Crippen LogP contribution in [0.25, 0.3) is 0 Å². The molecule has 1 rings (SSSR count). The SMILES string of the molecule is COCC(Cl)CN(C)Cc1c(C)nn(C)c1Cl. The van der Waals surface area contributed by atoms with E-state index in [4.69, 9.17) is 27.9 Å². The van der Waals surface area contributed by atoms with Crippen LogP contribution < -0.4 is 0 Å². The summed E-state index contributed by atoms with van der Waals surface area (Å²) < 4.78 is 6.69. The monoisotopic (exact) mass is 279 g/mol. The van der Waals surface area contributed by atoms with Crippen LogP contribution in [0, 0.1) is 6.92 Å². The fourth-order valence-corrected chi connectivity index (χ4v) is 2.36. The van der Waals surface area contributed by atoms with Crippen LogP contribution in [-0.2, 0) is 18.3 Å². The Labute approximate surface area is 112 Å². The minimum Gasteiger partial charge on any atom is -0.383 e. The lowest BCUT2D eigenvalue weighted by Crippen LogP contribution is -2.28. The first kappa shape index (κ1) is 14.8. The quantitative estimate of drug-likeness (QED) is 0.747. The molecular formula is C11H19Cl2N3O. The molecular weight excluding hydrogens is 261 g/mol. The van der Waals surface area contributed by atoms with E-state index in [9.17, 15) is 0 Å². The van der Waals surface area contributed by atoms with Crippen molar-refractivity contribution in [3.05, 3.63) is 16.4 Å². The topological polar surface area (TPSA) is 30.3 Å². The van der Waals surface area contributed by atoms with Crippen molar-refractivity contribution < 1.29 is 4.74 Å². The van der Waals surface area contributed by atoms with Crippen molar-refractivity contribution in [1.29, 1.82) is 0 Å². The van der Waals surface area contributed by atoms with Gasteiger partial charge in [0.25, 0.3) is 0 Å². The highest BCUT2D eigenvalue weighted by Gasteiger charge is 2.15. The van der Waals surface area contributed by atoms with E-state index < -0.39 is 0 Å². The number of alkyl halides is 1. The number of methoxy groups -OCH3 is 1. The molecule has 17 heavy (non-hydrogen) atoms. The molecule has 0 N–H and O–H groups in total. The first-order valence-electron chi connectivity index (χ1n) is 5.45. The summed E-state index contributed by atoms with van der Waals surface area (Å²) >= 11 is 12.3. The van der Waals surface area contributed by atoms with E-state index in [0.717, 1.165) is 24.3 Å². The van der Waals surface area contributed by atoms with Gasteiger partial charge in [0.15, 0.2) is 0 Å². The van der Waals surface area contributed by atoms with Crippen LogP contribution in [0.5, 0.6) is 0 Å². The van der Waals surface area contributed by atoms with Gasteiger partial charge >= 0.3 is 0 Å². The van der Waals surface area contributed by atoms with Gasteiger partial charge in [-0.15, -0.1) is 11.6 Å². The second kappa shape index (κ2) is 6.59. The number of ether oxygens (including phenoxy) is 1. The third-order valence-corrected chi connectivity index (χ3v) is 3.29. The smallest absolute Gasteiger partial charge is 0.131 e. The molecule has 0 aliphatic carbocycles. The Morgan fingerprint density at radius 1 is 1.53 bits per heavy atom. The average Bonchev–Trinajstić information content (AvgIpc) is 2.45. The first-order chi connectivity index (χ1) is 7.95. The molecule has 0 radical (unpaired) electrons. The molecule has 1 unspecified atom stereocenters. The summed E-state index contributed by atoms with van der Waals surface area (Å²) in [6.45, 7) is 4.00. The molecule has 0 amide bonds. The van der Waals surface area contributed by atoms with Crippen molar-refractivity contribution in [2.45, 2.75) is 18.8 Å². The Morgan fingerprint density at radius 2 is 2.18 bits per heavy atom. The predicted octanol–water partition coefficient (Wildman–Crippen LogP) is 2.07. The number of aromatic nitrogens is 2. The molecule has 98 valence electrons. The molecule has 0 aromatic carbocycles. The van der Waals surface area contributed by atoms with Gasteiger partial charge in [-0.2, -0.15) is 5.10 Å². The summed E-state index contributed by atoms with van der Waals surface area (Å²) in [5.74, 6) is 0. The third-order valence-electron chi connectivity index (χ3n) is 2.56. The van der Waals surface area contributed by atoms with E-state index in [2.05, 4.69) is 10.00 Å². The Bertz CT molecular complexity index is 368. The van der Waals surface area contributed by atoms with E-state index in [-0.39, 0.29) is 5.38 Å². The summed E-state index contributed by atoms with van der Waals surface area (Å²) in [7, 11) is 5.50. The zero-order valence-electron chi connectivity index (χ0n) is 10.7. The molecule has 0 aliphatic rings. The van der Waals surface area contributed by atoms with Crippen LogP contribution in [0.15, 0.2) is 0 Å². The second-order valence-electron chi connectivity index (χ2n) is 4.23. The van der Waals surface area contributed by atoms with Crippen molar-refractivity contribution in [3.63, 3.8) is 0 Å². The molecule has 0 spiro atoms. The number of halogens is 2. The van der Waals surface area contributed by atoms with E-state index in [1.54, 1.807) is 11.8 Å². The van der Waals surface area contributed by atoms with Gasteiger partial charge in [-0.05, 0) is 14.0 Å². The number of hydrogen-bond donors (Lipinski definition) is 0. The lowest BCUT2D eigenvalue weighted by atomic mass is 10.2. The number of rotatable bonds is 6. The van der Waals surface area contributed by atoms with Crippen molar-refractivity contribution in [1.82, 2.24) is 14.7 Å². The van der Waals surface area contributed by atoms with Crippen molar-refractivity contribution in [2.24, 2.45) is 7.05 Å². The minimum atomic E-state index is -0.0132. The van der Waals surface area contributed by atoms with Crippen molar-refractivity contribution in [3.8, 4) is 0 Å². The summed E-state index contributed by atoms with van der Waals surface area (Å²) in [4.78, 5) is 2.12. The number of aryl methyl sites for hydroxylation is 2. The molecule has 0 bridgehead atoms. The predicted molar refractivity (Wildman–Crippen MR) is 70.8 cm³/mol. The van der Waals surface area contributed by atoms with Gasteiger partial charge in [0.1, 0.15) is 5.15 Å². The van der Waals surface area contributed by atoms with E-state index in [0.29, 0.717) is 11.8 Å².